The average molecular weight is 536 g/mol. The summed E-state index contributed by atoms with van der Waals surface area (Å²) in [6.45, 7) is 3.98. The lowest BCUT2D eigenvalue weighted by atomic mass is 10.1. The number of guanidine groups is 1. The van der Waals surface area contributed by atoms with E-state index in [0.717, 1.165) is 11.1 Å². The fourth-order valence-electron chi connectivity index (χ4n) is 2.79. The van der Waals surface area contributed by atoms with Gasteiger partial charge in [-0.15, -0.1) is 24.0 Å². The van der Waals surface area contributed by atoms with E-state index in [2.05, 4.69) is 20.9 Å². The molecule has 3 rings (SSSR count). The fraction of sp³-hybridized carbons (Fsp3) is 0.217. The molecule has 8 heteroatoms. The molecule has 2 aromatic carbocycles. The maximum Gasteiger partial charge on any atom is 0.251 e. The van der Waals surface area contributed by atoms with Crippen LogP contribution in [0.5, 0.6) is 0 Å². The van der Waals surface area contributed by atoms with E-state index >= 15 is 0 Å². The summed E-state index contributed by atoms with van der Waals surface area (Å²) in [5.74, 6) is 0.923. The highest BCUT2D eigenvalue weighted by molar-refractivity contribution is 14.0. The van der Waals surface area contributed by atoms with Crippen molar-refractivity contribution < 1.29 is 13.6 Å². The highest BCUT2D eigenvalue weighted by Crippen LogP contribution is 2.08. The largest absolute Gasteiger partial charge is 0.467 e. The predicted molar refractivity (Wildman–Crippen MR) is 130 cm³/mol. The Kier molecular flexibility index (Phi) is 10.0. The minimum absolute atomic E-state index is 0. The van der Waals surface area contributed by atoms with Gasteiger partial charge in [-0.2, -0.15) is 0 Å². The Bertz CT molecular complexity index is 976. The minimum Gasteiger partial charge on any atom is -0.467 e. The van der Waals surface area contributed by atoms with Gasteiger partial charge in [-0.05, 0) is 54.4 Å². The zero-order valence-electron chi connectivity index (χ0n) is 17.2. The van der Waals surface area contributed by atoms with Gasteiger partial charge in [-0.25, -0.2) is 9.38 Å². The van der Waals surface area contributed by atoms with Crippen molar-refractivity contribution in [2.45, 2.75) is 26.6 Å². The van der Waals surface area contributed by atoms with Crippen LogP contribution < -0.4 is 16.0 Å². The van der Waals surface area contributed by atoms with E-state index in [9.17, 15) is 9.18 Å². The van der Waals surface area contributed by atoms with Gasteiger partial charge in [0.1, 0.15) is 11.6 Å². The van der Waals surface area contributed by atoms with Crippen molar-refractivity contribution >= 4 is 35.8 Å². The molecule has 3 aromatic rings. The van der Waals surface area contributed by atoms with E-state index in [-0.39, 0.29) is 35.7 Å². The molecule has 0 fully saturated rings. The third-order valence-electron chi connectivity index (χ3n) is 4.33. The molecule has 164 valence electrons. The second kappa shape index (κ2) is 12.7. The number of amides is 1. The molecule has 1 heterocycles. The standard InChI is InChI=1S/C23H25FN4O2.HI/c1-2-25-23(27-14-17-8-10-20(24)11-9-17)28-15-18-5-3-6-19(13-18)22(29)26-16-21-7-4-12-30-21;/h3-13H,2,14-16H2,1H3,(H,26,29)(H2,25,27,28);1H. The molecule has 1 aromatic heterocycles. The average Bonchev–Trinajstić information content (AvgIpc) is 3.29. The number of carbonyl (C=O) groups is 1. The van der Waals surface area contributed by atoms with Crippen molar-refractivity contribution in [3.05, 3.63) is 95.2 Å². The maximum atomic E-state index is 13.0. The molecule has 0 aliphatic carbocycles. The molecule has 1 amide bonds. The summed E-state index contributed by atoms with van der Waals surface area (Å²) >= 11 is 0. The van der Waals surface area contributed by atoms with Gasteiger partial charge in [-0.1, -0.05) is 24.3 Å². The highest BCUT2D eigenvalue weighted by atomic mass is 127. The van der Waals surface area contributed by atoms with E-state index in [0.29, 0.717) is 43.5 Å². The van der Waals surface area contributed by atoms with Crippen molar-refractivity contribution in [1.82, 2.24) is 16.0 Å². The number of furan rings is 1. The summed E-state index contributed by atoms with van der Waals surface area (Å²) < 4.78 is 18.3. The molecule has 0 aliphatic rings. The van der Waals surface area contributed by atoms with Gasteiger partial charge < -0.3 is 20.4 Å². The van der Waals surface area contributed by atoms with Crippen LogP contribution in [0.3, 0.4) is 0 Å². The van der Waals surface area contributed by atoms with Crippen LogP contribution in [0.2, 0.25) is 0 Å². The summed E-state index contributed by atoms with van der Waals surface area (Å²) in [6.07, 6.45) is 1.58. The predicted octanol–water partition coefficient (Wildman–Crippen LogP) is 4.22. The van der Waals surface area contributed by atoms with Crippen molar-refractivity contribution in [2.24, 2.45) is 4.99 Å². The monoisotopic (exact) mass is 536 g/mol. The Labute approximate surface area is 198 Å². The van der Waals surface area contributed by atoms with E-state index in [1.165, 1.54) is 12.1 Å². The summed E-state index contributed by atoms with van der Waals surface area (Å²) in [5.41, 5.74) is 2.44. The van der Waals surface area contributed by atoms with Gasteiger partial charge in [0, 0.05) is 18.7 Å². The summed E-state index contributed by atoms with van der Waals surface area (Å²) in [5, 5.41) is 9.25. The molecule has 31 heavy (non-hydrogen) atoms. The molecule has 3 N–H and O–H groups in total. The second-order valence-corrected chi connectivity index (χ2v) is 6.64. The van der Waals surface area contributed by atoms with E-state index in [4.69, 9.17) is 4.42 Å². The number of aliphatic imine (C=N–C) groups is 1. The second-order valence-electron chi connectivity index (χ2n) is 6.64. The van der Waals surface area contributed by atoms with Crippen molar-refractivity contribution in [3.63, 3.8) is 0 Å². The number of halogens is 2. The first-order valence-corrected chi connectivity index (χ1v) is 9.80. The number of carbonyl (C=O) groups excluding carboxylic acids is 1. The molecule has 0 unspecified atom stereocenters. The van der Waals surface area contributed by atoms with Gasteiger partial charge >= 0.3 is 0 Å². The quantitative estimate of drug-likeness (QED) is 0.229. The molecular weight excluding hydrogens is 510 g/mol. The molecule has 0 saturated carbocycles. The summed E-state index contributed by atoms with van der Waals surface area (Å²) in [4.78, 5) is 17.0. The topological polar surface area (TPSA) is 78.7 Å². The SMILES string of the molecule is CCNC(=NCc1cccc(C(=O)NCc2ccco2)c1)NCc1ccc(F)cc1.I. The van der Waals surface area contributed by atoms with Crippen LogP contribution in [0.1, 0.15) is 34.2 Å². The molecule has 6 nitrogen and oxygen atoms in total. The van der Waals surface area contributed by atoms with E-state index < -0.39 is 0 Å². The lowest BCUT2D eigenvalue weighted by Gasteiger charge is -2.11. The van der Waals surface area contributed by atoms with Crippen molar-refractivity contribution in [2.75, 3.05) is 6.54 Å². The third kappa shape index (κ3) is 8.05. The molecule has 0 bridgehead atoms. The Balaban J connectivity index is 0.00000341. The maximum absolute atomic E-state index is 13.0. The van der Waals surface area contributed by atoms with Gasteiger partial charge in [-0.3, -0.25) is 4.79 Å². The number of benzene rings is 2. The highest BCUT2D eigenvalue weighted by Gasteiger charge is 2.07. The Morgan fingerprint density at radius 3 is 2.48 bits per heavy atom. The van der Waals surface area contributed by atoms with Gasteiger partial charge in [0.15, 0.2) is 5.96 Å². The molecule has 0 spiro atoms. The van der Waals surface area contributed by atoms with Crippen molar-refractivity contribution in [1.29, 1.82) is 0 Å². The molecule has 0 saturated heterocycles. The van der Waals surface area contributed by atoms with Crippen LogP contribution >= 0.6 is 24.0 Å². The molecule has 0 atom stereocenters. The lowest BCUT2D eigenvalue weighted by Crippen LogP contribution is -2.36. The first-order chi connectivity index (χ1) is 14.6. The number of hydrogen-bond acceptors (Lipinski definition) is 3. The minimum atomic E-state index is -0.257. The summed E-state index contributed by atoms with van der Waals surface area (Å²) in [6, 6.07) is 17.3. The smallest absolute Gasteiger partial charge is 0.251 e. The zero-order chi connectivity index (χ0) is 21.2. The number of nitrogens with one attached hydrogen (secondary N) is 3. The Hall–Kier alpha value is -2.88. The number of nitrogens with zero attached hydrogens (tertiary/aromatic N) is 1. The zero-order valence-corrected chi connectivity index (χ0v) is 19.6. The van der Waals surface area contributed by atoms with Crippen LogP contribution in [-0.2, 0) is 19.6 Å². The fourth-order valence-corrected chi connectivity index (χ4v) is 2.79. The first-order valence-electron chi connectivity index (χ1n) is 9.80. The Morgan fingerprint density at radius 1 is 0.968 bits per heavy atom. The molecular formula is C23H26FIN4O2. The van der Waals surface area contributed by atoms with E-state index in [1.54, 1.807) is 30.5 Å². The van der Waals surface area contributed by atoms with Gasteiger partial charge in [0.2, 0.25) is 0 Å². The van der Waals surface area contributed by atoms with Crippen LogP contribution in [0, 0.1) is 5.82 Å². The lowest BCUT2D eigenvalue weighted by molar-refractivity contribution is 0.0948. The number of rotatable bonds is 8. The van der Waals surface area contributed by atoms with Crippen LogP contribution in [-0.4, -0.2) is 18.4 Å². The molecule has 0 radical (unpaired) electrons. The number of hydrogen-bond donors (Lipinski definition) is 3. The molecule has 0 aliphatic heterocycles. The third-order valence-corrected chi connectivity index (χ3v) is 4.33. The normalized spacial score (nSPS) is 10.8. The van der Waals surface area contributed by atoms with Crippen LogP contribution in [0.25, 0.3) is 0 Å². The van der Waals surface area contributed by atoms with E-state index in [1.807, 2.05) is 31.2 Å². The van der Waals surface area contributed by atoms with Gasteiger partial charge in [0.05, 0.1) is 19.4 Å². The first kappa shape index (κ1) is 24.4. The Morgan fingerprint density at radius 2 is 1.77 bits per heavy atom. The van der Waals surface area contributed by atoms with Crippen molar-refractivity contribution in [3.8, 4) is 0 Å². The van der Waals surface area contributed by atoms with Crippen LogP contribution in [0.4, 0.5) is 4.39 Å². The summed E-state index contributed by atoms with van der Waals surface area (Å²) in [7, 11) is 0. The van der Waals surface area contributed by atoms with Gasteiger partial charge in [0.25, 0.3) is 5.91 Å². The van der Waals surface area contributed by atoms with Crippen LogP contribution in [0.15, 0.2) is 76.3 Å².